The zero-order chi connectivity index (χ0) is 19.1. The fourth-order valence-electron chi connectivity index (χ4n) is 2.34. The maximum atomic E-state index is 12.5. The number of hydrogen-bond acceptors (Lipinski definition) is 5. The Morgan fingerprint density at radius 1 is 1.04 bits per heavy atom. The summed E-state index contributed by atoms with van der Waals surface area (Å²) in [4.78, 5) is 28.8. The van der Waals surface area contributed by atoms with Gasteiger partial charge in [0.15, 0.2) is 5.13 Å². The summed E-state index contributed by atoms with van der Waals surface area (Å²) in [6.45, 7) is 2.62. The van der Waals surface area contributed by atoms with Crippen molar-refractivity contribution in [3.05, 3.63) is 71.2 Å². The molecule has 0 spiro atoms. The number of carbonyl (C=O) groups excluding carboxylic acids is 2. The Bertz CT molecular complexity index is 926. The van der Waals surface area contributed by atoms with Crippen molar-refractivity contribution in [3.63, 3.8) is 0 Å². The van der Waals surface area contributed by atoms with Crippen LogP contribution in [-0.4, -0.2) is 23.4 Å². The van der Waals surface area contributed by atoms with E-state index in [0.29, 0.717) is 34.3 Å². The van der Waals surface area contributed by atoms with Crippen molar-refractivity contribution in [1.82, 2.24) is 4.98 Å². The molecule has 3 aromatic rings. The van der Waals surface area contributed by atoms with Crippen molar-refractivity contribution in [2.24, 2.45) is 0 Å². The minimum Gasteiger partial charge on any atom is -0.494 e. The van der Waals surface area contributed by atoms with Crippen LogP contribution in [0.4, 0.5) is 10.8 Å². The van der Waals surface area contributed by atoms with Crippen LogP contribution >= 0.6 is 11.3 Å². The molecular formula is C20H19N3O3S. The molecule has 0 aliphatic carbocycles. The third-order valence-corrected chi connectivity index (χ3v) is 4.29. The van der Waals surface area contributed by atoms with Crippen LogP contribution in [-0.2, 0) is 0 Å². The third-order valence-electron chi connectivity index (χ3n) is 3.60. The summed E-state index contributed by atoms with van der Waals surface area (Å²) < 4.78 is 5.56. The van der Waals surface area contributed by atoms with Crippen LogP contribution in [0.15, 0.2) is 60.1 Å². The second-order valence-corrected chi connectivity index (χ2v) is 6.60. The number of benzene rings is 2. The largest absolute Gasteiger partial charge is 0.494 e. The summed E-state index contributed by atoms with van der Waals surface area (Å²) in [5.41, 5.74) is 1.45. The van der Waals surface area contributed by atoms with Gasteiger partial charge < -0.3 is 10.1 Å². The topological polar surface area (TPSA) is 80.3 Å². The van der Waals surface area contributed by atoms with Gasteiger partial charge in [-0.1, -0.05) is 19.1 Å². The van der Waals surface area contributed by atoms with Gasteiger partial charge in [0.1, 0.15) is 5.75 Å². The Morgan fingerprint density at radius 2 is 1.78 bits per heavy atom. The molecule has 1 aromatic heterocycles. The molecule has 0 radical (unpaired) electrons. The monoisotopic (exact) mass is 381 g/mol. The number of thiazole rings is 1. The molecule has 0 aliphatic rings. The Kier molecular flexibility index (Phi) is 6.17. The minimum absolute atomic E-state index is 0.269. The van der Waals surface area contributed by atoms with Gasteiger partial charge in [-0.3, -0.25) is 14.9 Å². The van der Waals surface area contributed by atoms with Crippen molar-refractivity contribution < 1.29 is 14.3 Å². The number of carbonyl (C=O) groups is 2. The van der Waals surface area contributed by atoms with Gasteiger partial charge in [0.05, 0.1) is 6.61 Å². The molecule has 0 fully saturated rings. The lowest BCUT2D eigenvalue weighted by atomic mass is 10.1. The van der Waals surface area contributed by atoms with E-state index < -0.39 is 0 Å². The fourth-order valence-corrected chi connectivity index (χ4v) is 2.87. The second-order valence-electron chi connectivity index (χ2n) is 5.70. The van der Waals surface area contributed by atoms with Crippen LogP contribution in [0, 0.1) is 0 Å². The molecular weight excluding hydrogens is 362 g/mol. The van der Waals surface area contributed by atoms with E-state index >= 15 is 0 Å². The van der Waals surface area contributed by atoms with E-state index in [0.717, 1.165) is 6.42 Å². The van der Waals surface area contributed by atoms with Crippen LogP contribution in [0.2, 0.25) is 0 Å². The van der Waals surface area contributed by atoms with E-state index in [9.17, 15) is 9.59 Å². The van der Waals surface area contributed by atoms with Gasteiger partial charge >= 0.3 is 0 Å². The van der Waals surface area contributed by atoms with E-state index in [1.165, 1.54) is 11.3 Å². The molecule has 0 atom stereocenters. The first-order chi connectivity index (χ1) is 13.2. The molecule has 0 aliphatic heterocycles. The highest BCUT2D eigenvalue weighted by Crippen LogP contribution is 2.18. The van der Waals surface area contributed by atoms with Gasteiger partial charge in [-0.2, -0.15) is 0 Å². The van der Waals surface area contributed by atoms with Crippen molar-refractivity contribution in [2.75, 3.05) is 17.2 Å². The Hall–Kier alpha value is -3.19. The molecule has 0 unspecified atom stereocenters. The van der Waals surface area contributed by atoms with Gasteiger partial charge in [0.2, 0.25) is 0 Å². The molecule has 7 heteroatoms. The summed E-state index contributed by atoms with van der Waals surface area (Å²) in [5.74, 6) is 0.103. The lowest BCUT2D eigenvalue weighted by molar-refractivity contribution is 0.101. The number of rotatable bonds is 7. The number of anilines is 2. The standard InChI is InChI=1S/C20H19N3O3S/c1-2-10-26-17-8-4-6-15(13-17)18(24)22-16-7-3-5-14(12-16)19(25)23-20-21-9-11-27-20/h3-9,11-13H,2,10H2,1H3,(H,22,24)(H,21,23,25). The van der Waals surface area contributed by atoms with Gasteiger partial charge in [0.25, 0.3) is 11.8 Å². The fraction of sp³-hybridized carbons (Fsp3) is 0.150. The van der Waals surface area contributed by atoms with Crippen LogP contribution in [0.3, 0.4) is 0 Å². The number of nitrogens with one attached hydrogen (secondary N) is 2. The van der Waals surface area contributed by atoms with Crippen LogP contribution in [0.25, 0.3) is 0 Å². The molecule has 2 N–H and O–H groups in total. The SMILES string of the molecule is CCCOc1cccc(C(=O)Nc2cccc(C(=O)Nc3nccs3)c2)c1. The van der Waals surface area contributed by atoms with Crippen molar-refractivity contribution >= 4 is 34.0 Å². The molecule has 2 amide bonds. The molecule has 1 heterocycles. The summed E-state index contributed by atoms with van der Waals surface area (Å²) in [5, 5.41) is 7.83. The van der Waals surface area contributed by atoms with Crippen LogP contribution in [0.5, 0.6) is 5.75 Å². The van der Waals surface area contributed by atoms with E-state index in [1.54, 1.807) is 54.0 Å². The first-order valence-electron chi connectivity index (χ1n) is 8.51. The van der Waals surface area contributed by atoms with Crippen molar-refractivity contribution in [2.45, 2.75) is 13.3 Å². The number of ether oxygens (including phenoxy) is 1. The zero-order valence-corrected chi connectivity index (χ0v) is 15.6. The highest BCUT2D eigenvalue weighted by atomic mass is 32.1. The molecule has 3 rings (SSSR count). The third kappa shape index (κ3) is 5.15. The van der Waals surface area contributed by atoms with Gasteiger partial charge in [0, 0.05) is 28.4 Å². The normalized spacial score (nSPS) is 10.3. The summed E-state index contributed by atoms with van der Waals surface area (Å²) in [7, 11) is 0. The molecule has 6 nitrogen and oxygen atoms in total. The first kappa shape index (κ1) is 18.6. The average molecular weight is 381 g/mol. The molecule has 2 aromatic carbocycles. The van der Waals surface area contributed by atoms with Gasteiger partial charge in [-0.05, 0) is 42.8 Å². The Morgan fingerprint density at radius 3 is 2.52 bits per heavy atom. The highest BCUT2D eigenvalue weighted by molar-refractivity contribution is 7.13. The van der Waals surface area contributed by atoms with E-state index in [-0.39, 0.29) is 11.8 Å². The lowest BCUT2D eigenvalue weighted by Crippen LogP contribution is -2.14. The predicted molar refractivity (Wildman–Crippen MR) is 107 cm³/mol. The predicted octanol–water partition coefficient (Wildman–Crippen LogP) is 4.44. The Labute approximate surface area is 161 Å². The maximum Gasteiger partial charge on any atom is 0.257 e. The first-order valence-corrected chi connectivity index (χ1v) is 9.39. The molecule has 0 saturated heterocycles. The van der Waals surface area contributed by atoms with Crippen LogP contribution in [0.1, 0.15) is 34.1 Å². The van der Waals surface area contributed by atoms with Gasteiger partial charge in [-0.15, -0.1) is 11.3 Å². The lowest BCUT2D eigenvalue weighted by Gasteiger charge is -2.09. The van der Waals surface area contributed by atoms with Gasteiger partial charge in [-0.25, -0.2) is 4.98 Å². The van der Waals surface area contributed by atoms with Crippen molar-refractivity contribution in [3.8, 4) is 5.75 Å². The van der Waals surface area contributed by atoms with E-state index in [2.05, 4.69) is 15.6 Å². The Balaban J connectivity index is 1.68. The molecule has 0 saturated carbocycles. The van der Waals surface area contributed by atoms with E-state index in [1.807, 2.05) is 13.0 Å². The quantitative estimate of drug-likeness (QED) is 0.634. The van der Waals surface area contributed by atoms with E-state index in [4.69, 9.17) is 4.74 Å². The maximum absolute atomic E-state index is 12.5. The minimum atomic E-state index is -0.281. The highest BCUT2D eigenvalue weighted by Gasteiger charge is 2.11. The van der Waals surface area contributed by atoms with Crippen LogP contribution < -0.4 is 15.4 Å². The summed E-state index contributed by atoms with van der Waals surface area (Å²) in [6, 6.07) is 13.8. The summed E-state index contributed by atoms with van der Waals surface area (Å²) >= 11 is 1.34. The van der Waals surface area contributed by atoms with Crippen molar-refractivity contribution in [1.29, 1.82) is 0 Å². The average Bonchev–Trinajstić information content (AvgIpc) is 3.20. The number of hydrogen-bond donors (Lipinski definition) is 2. The zero-order valence-electron chi connectivity index (χ0n) is 14.8. The second kappa shape index (κ2) is 8.95. The number of amides is 2. The smallest absolute Gasteiger partial charge is 0.257 e. The molecule has 27 heavy (non-hydrogen) atoms. The molecule has 0 bridgehead atoms. The molecule has 138 valence electrons. The number of nitrogens with zero attached hydrogens (tertiary/aromatic N) is 1. The summed E-state index contributed by atoms with van der Waals surface area (Å²) in [6.07, 6.45) is 2.52. The number of aromatic nitrogens is 1.